The van der Waals surface area contributed by atoms with Gasteiger partial charge in [-0.2, -0.15) is 4.31 Å². The number of hydrogen-bond acceptors (Lipinski definition) is 5. The summed E-state index contributed by atoms with van der Waals surface area (Å²) in [5, 5.41) is 11.1. The summed E-state index contributed by atoms with van der Waals surface area (Å²) in [7, 11) is -2.48. The number of carbonyl (C=O) groups is 2. The molecule has 2 N–H and O–H groups in total. The monoisotopic (exact) mass is 329 g/mol. The highest BCUT2D eigenvalue weighted by Gasteiger charge is 2.23. The van der Waals surface area contributed by atoms with Gasteiger partial charge in [-0.25, -0.2) is 8.42 Å². The van der Waals surface area contributed by atoms with Gasteiger partial charge in [0.25, 0.3) is 0 Å². The third-order valence-corrected chi connectivity index (χ3v) is 4.67. The Labute approximate surface area is 129 Å². The highest BCUT2D eigenvalue weighted by atomic mass is 32.2. The lowest BCUT2D eigenvalue weighted by Crippen LogP contribution is -2.39. The van der Waals surface area contributed by atoms with Gasteiger partial charge in [0.1, 0.15) is 4.90 Å². The van der Waals surface area contributed by atoms with Crippen molar-refractivity contribution in [2.24, 2.45) is 5.92 Å². The topological polar surface area (TPSA) is 117 Å². The van der Waals surface area contributed by atoms with Gasteiger partial charge >= 0.3 is 5.97 Å². The zero-order chi connectivity index (χ0) is 16.8. The van der Waals surface area contributed by atoms with Crippen LogP contribution in [0.4, 0.5) is 0 Å². The van der Waals surface area contributed by atoms with Crippen LogP contribution in [-0.2, 0) is 19.6 Å². The molecule has 0 saturated carbocycles. The van der Waals surface area contributed by atoms with Gasteiger partial charge in [0.15, 0.2) is 0 Å². The molecule has 8 nitrogen and oxygen atoms in total. The summed E-state index contributed by atoms with van der Waals surface area (Å²) >= 11 is 0. The molecule has 1 atom stereocenters. The van der Waals surface area contributed by atoms with E-state index < -0.39 is 21.9 Å². The number of nitrogens with zero attached hydrogens (tertiary/aromatic N) is 2. The van der Waals surface area contributed by atoms with Crippen LogP contribution < -0.4 is 5.32 Å². The minimum atomic E-state index is -3.78. The van der Waals surface area contributed by atoms with Crippen molar-refractivity contribution in [1.29, 1.82) is 0 Å². The van der Waals surface area contributed by atoms with Gasteiger partial charge < -0.3 is 10.4 Å². The highest BCUT2D eigenvalue weighted by Crippen LogP contribution is 2.11. The summed E-state index contributed by atoms with van der Waals surface area (Å²) in [5.74, 6) is -1.67. The minimum Gasteiger partial charge on any atom is -0.481 e. The number of nitrogens with one attached hydrogen (secondary N) is 1. The van der Waals surface area contributed by atoms with Gasteiger partial charge in [0.05, 0.1) is 6.54 Å². The van der Waals surface area contributed by atoms with E-state index in [-0.39, 0.29) is 30.3 Å². The summed E-state index contributed by atoms with van der Waals surface area (Å²) in [4.78, 5) is 26.0. The van der Waals surface area contributed by atoms with Gasteiger partial charge in [-0.15, -0.1) is 0 Å². The van der Waals surface area contributed by atoms with Crippen LogP contribution in [-0.4, -0.2) is 54.8 Å². The number of amides is 1. The predicted molar refractivity (Wildman–Crippen MR) is 78.5 cm³/mol. The quantitative estimate of drug-likeness (QED) is 0.689. The molecule has 1 heterocycles. The molecule has 0 spiro atoms. The Kier molecular flexibility index (Phi) is 6.44. The standard InChI is InChI=1S/C13H19N3O5S/c1-10(6-13(18)19)7-15-12(17)9-16(2)22(20,21)11-4-3-5-14-8-11/h3-5,8,10H,6-7,9H2,1-2H3,(H,15,17)(H,18,19). The lowest BCUT2D eigenvalue weighted by Gasteiger charge is -2.17. The smallest absolute Gasteiger partial charge is 0.303 e. The zero-order valence-corrected chi connectivity index (χ0v) is 13.2. The van der Waals surface area contributed by atoms with Crippen molar-refractivity contribution in [2.75, 3.05) is 20.1 Å². The lowest BCUT2D eigenvalue weighted by molar-refractivity contribution is -0.138. The molecule has 1 aromatic rings. The predicted octanol–water partition coefficient (Wildman–Crippen LogP) is -0.0709. The Morgan fingerprint density at radius 1 is 1.45 bits per heavy atom. The first-order chi connectivity index (χ1) is 10.2. The first-order valence-corrected chi connectivity index (χ1v) is 8.02. The maximum Gasteiger partial charge on any atom is 0.303 e. The van der Waals surface area contributed by atoms with E-state index in [9.17, 15) is 18.0 Å². The second kappa shape index (κ2) is 7.85. The second-order valence-electron chi connectivity index (χ2n) is 4.96. The second-order valence-corrected chi connectivity index (χ2v) is 7.00. The van der Waals surface area contributed by atoms with E-state index in [1.165, 1.54) is 31.6 Å². The number of aliphatic carboxylic acids is 1. The number of likely N-dealkylation sites (N-methyl/N-ethyl adjacent to an activating group) is 1. The van der Waals surface area contributed by atoms with E-state index in [2.05, 4.69) is 10.3 Å². The summed E-state index contributed by atoms with van der Waals surface area (Å²) < 4.78 is 25.3. The lowest BCUT2D eigenvalue weighted by atomic mass is 10.1. The fraction of sp³-hybridized carbons (Fsp3) is 0.462. The van der Waals surface area contributed by atoms with Gasteiger partial charge in [-0.1, -0.05) is 6.92 Å². The van der Waals surface area contributed by atoms with E-state index in [1.807, 2.05) is 0 Å². The maximum absolute atomic E-state index is 12.2. The Bertz CT molecular complexity index is 618. The summed E-state index contributed by atoms with van der Waals surface area (Å²) in [5.41, 5.74) is 0. The van der Waals surface area contributed by atoms with E-state index in [0.29, 0.717) is 0 Å². The normalized spacial score (nSPS) is 12.9. The average molecular weight is 329 g/mol. The van der Waals surface area contributed by atoms with Crippen LogP contribution in [0.1, 0.15) is 13.3 Å². The van der Waals surface area contributed by atoms with Crippen molar-refractivity contribution in [3.63, 3.8) is 0 Å². The van der Waals surface area contributed by atoms with Crippen LogP contribution in [0.25, 0.3) is 0 Å². The van der Waals surface area contributed by atoms with Crippen molar-refractivity contribution in [2.45, 2.75) is 18.2 Å². The molecule has 1 amide bonds. The Balaban J connectivity index is 2.56. The molecule has 0 aliphatic heterocycles. The Hall–Kier alpha value is -2.00. The number of rotatable bonds is 8. The number of pyridine rings is 1. The summed E-state index contributed by atoms with van der Waals surface area (Å²) in [6.45, 7) is 1.51. The highest BCUT2D eigenvalue weighted by molar-refractivity contribution is 7.89. The van der Waals surface area contributed by atoms with Crippen molar-refractivity contribution >= 4 is 21.9 Å². The zero-order valence-electron chi connectivity index (χ0n) is 12.4. The van der Waals surface area contributed by atoms with Crippen LogP contribution >= 0.6 is 0 Å². The molecular formula is C13H19N3O5S. The van der Waals surface area contributed by atoms with Crippen LogP contribution in [0.2, 0.25) is 0 Å². The fourth-order valence-corrected chi connectivity index (χ4v) is 2.77. The molecule has 0 radical (unpaired) electrons. The average Bonchev–Trinajstić information content (AvgIpc) is 2.45. The first kappa shape index (κ1) is 18.1. The van der Waals surface area contributed by atoms with Crippen molar-refractivity contribution in [3.05, 3.63) is 24.5 Å². The van der Waals surface area contributed by atoms with Crippen molar-refractivity contribution < 1.29 is 23.1 Å². The Morgan fingerprint density at radius 3 is 2.68 bits per heavy atom. The Morgan fingerprint density at radius 2 is 2.14 bits per heavy atom. The first-order valence-electron chi connectivity index (χ1n) is 6.58. The SMILES string of the molecule is CC(CNC(=O)CN(C)S(=O)(=O)c1cccnc1)CC(=O)O. The molecule has 1 rings (SSSR count). The van der Waals surface area contributed by atoms with E-state index in [4.69, 9.17) is 5.11 Å². The number of carboxylic acids is 1. The molecule has 0 bridgehead atoms. The molecule has 1 unspecified atom stereocenters. The van der Waals surface area contributed by atoms with Crippen molar-refractivity contribution in [3.8, 4) is 0 Å². The van der Waals surface area contributed by atoms with E-state index in [0.717, 1.165) is 4.31 Å². The van der Waals surface area contributed by atoms with E-state index >= 15 is 0 Å². The molecule has 0 aliphatic carbocycles. The number of hydrogen-bond donors (Lipinski definition) is 2. The summed E-state index contributed by atoms with van der Waals surface area (Å²) in [6, 6.07) is 2.89. The fourth-order valence-electron chi connectivity index (χ4n) is 1.68. The molecule has 0 fully saturated rings. The van der Waals surface area contributed by atoms with Crippen LogP contribution in [0.5, 0.6) is 0 Å². The number of carboxylic acid groups (broad SMARTS) is 1. The summed E-state index contributed by atoms with van der Waals surface area (Å²) in [6.07, 6.45) is 2.60. The molecule has 22 heavy (non-hydrogen) atoms. The molecule has 0 aromatic carbocycles. The third kappa shape index (κ3) is 5.41. The van der Waals surface area contributed by atoms with Gasteiger partial charge in [0, 0.05) is 32.4 Å². The molecule has 0 saturated heterocycles. The van der Waals surface area contributed by atoms with Crippen LogP contribution in [0, 0.1) is 5.92 Å². The minimum absolute atomic E-state index is 0.00421. The van der Waals surface area contributed by atoms with Crippen LogP contribution in [0.15, 0.2) is 29.4 Å². The number of carbonyl (C=O) groups excluding carboxylic acids is 1. The van der Waals surface area contributed by atoms with Crippen LogP contribution in [0.3, 0.4) is 0 Å². The number of aromatic nitrogens is 1. The molecule has 122 valence electrons. The van der Waals surface area contributed by atoms with Crippen molar-refractivity contribution in [1.82, 2.24) is 14.6 Å². The molecule has 9 heteroatoms. The molecular weight excluding hydrogens is 310 g/mol. The van der Waals surface area contributed by atoms with Gasteiger partial charge in [-0.05, 0) is 18.1 Å². The third-order valence-electron chi connectivity index (χ3n) is 2.88. The largest absolute Gasteiger partial charge is 0.481 e. The van der Waals surface area contributed by atoms with E-state index in [1.54, 1.807) is 6.92 Å². The number of sulfonamides is 1. The maximum atomic E-state index is 12.2. The molecule has 0 aliphatic rings. The van der Waals surface area contributed by atoms with Gasteiger partial charge in [0.2, 0.25) is 15.9 Å². The molecule has 1 aromatic heterocycles. The van der Waals surface area contributed by atoms with Gasteiger partial charge in [-0.3, -0.25) is 14.6 Å².